The Balaban J connectivity index is 1.72. The van der Waals surface area contributed by atoms with Crippen LogP contribution in [0.2, 0.25) is 0 Å². The van der Waals surface area contributed by atoms with Gasteiger partial charge in [0, 0.05) is 38.8 Å². The van der Waals surface area contributed by atoms with E-state index in [1.807, 2.05) is 18.0 Å². The van der Waals surface area contributed by atoms with Gasteiger partial charge in [-0.25, -0.2) is 0 Å². The summed E-state index contributed by atoms with van der Waals surface area (Å²) in [6.45, 7) is 3.28. The van der Waals surface area contributed by atoms with Gasteiger partial charge in [-0.3, -0.25) is 9.69 Å². The van der Waals surface area contributed by atoms with E-state index in [-0.39, 0.29) is 5.91 Å². The monoisotopic (exact) mass is 245 g/mol. The van der Waals surface area contributed by atoms with E-state index in [4.69, 9.17) is 0 Å². The number of rotatable bonds is 1. The van der Waals surface area contributed by atoms with Crippen molar-refractivity contribution in [2.24, 2.45) is 0 Å². The summed E-state index contributed by atoms with van der Waals surface area (Å²) in [6, 6.07) is 11.3. The Bertz CT molecular complexity index is 434. The minimum absolute atomic E-state index is 0.236. The number of piperazine rings is 2. The van der Waals surface area contributed by atoms with Gasteiger partial charge < -0.3 is 10.2 Å². The first-order valence-electron chi connectivity index (χ1n) is 6.50. The molecule has 2 atom stereocenters. The maximum absolute atomic E-state index is 11.8. The van der Waals surface area contributed by atoms with Crippen molar-refractivity contribution in [1.29, 1.82) is 0 Å². The molecular formula is C14H19N3O. The van der Waals surface area contributed by atoms with Crippen LogP contribution in [-0.4, -0.2) is 55.0 Å². The van der Waals surface area contributed by atoms with E-state index in [9.17, 15) is 4.79 Å². The number of fused-ring (bicyclic) bond motifs is 1. The maximum Gasteiger partial charge on any atom is 0.236 e. The molecule has 4 nitrogen and oxygen atoms in total. The Kier molecular flexibility index (Phi) is 3.06. The van der Waals surface area contributed by atoms with E-state index in [1.165, 1.54) is 5.56 Å². The molecule has 96 valence electrons. The summed E-state index contributed by atoms with van der Waals surface area (Å²) in [7, 11) is 1.89. The Morgan fingerprint density at radius 2 is 2.00 bits per heavy atom. The van der Waals surface area contributed by atoms with Crippen LogP contribution in [0, 0.1) is 0 Å². The molecule has 2 saturated heterocycles. The Hall–Kier alpha value is -1.39. The number of carbonyl (C=O) groups excluding carboxylic acids is 1. The van der Waals surface area contributed by atoms with Crippen LogP contribution in [0.1, 0.15) is 11.6 Å². The molecule has 3 rings (SSSR count). The number of nitrogens with zero attached hydrogens (tertiary/aromatic N) is 2. The molecule has 2 heterocycles. The Morgan fingerprint density at radius 3 is 2.78 bits per heavy atom. The predicted octanol–water partition coefficient (Wildman–Crippen LogP) is 0.473. The van der Waals surface area contributed by atoms with E-state index in [0.29, 0.717) is 18.6 Å². The number of carbonyl (C=O) groups is 1. The van der Waals surface area contributed by atoms with Crippen molar-refractivity contribution in [2.75, 3.05) is 33.2 Å². The van der Waals surface area contributed by atoms with Crippen molar-refractivity contribution in [2.45, 2.75) is 12.1 Å². The summed E-state index contributed by atoms with van der Waals surface area (Å²) in [5.74, 6) is 0.236. The Labute approximate surface area is 108 Å². The van der Waals surface area contributed by atoms with Crippen molar-refractivity contribution in [1.82, 2.24) is 15.1 Å². The highest BCUT2D eigenvalue weighted by molar-refractivity contribution is 5.78. The fourth-order valence-corrected chi connectivity index (χ4v) is 2.85. The summed E-state index contributed by atoms with van der Waals surface area (Å²) in [5, 5.41) is 3.59. The molecular weight excluding hydrogens is 226 g/mol. The molecule has 1 aromatic carbocycles. The van der Waals surface area contributed by atoms with Crippen molar-refractivity contribution < 1.29 is 4.79 Å². The minimum atomic E-state index is 0.236. The summed E-state index contributed by atoms with van der Waals surface area (Å²) in [4.78, 5) is 15.9. The van der Waals surface area contributed by atoms with E-state index in [1.54, 1.807) is 0 Å². The number of nitrogens with one attached hydrogen (secondary N) is 1. The normalized spacial score (nSPS) is 29.2. The lowest BCUT2D eigenvalue weighted by Crippen LogP contribution is -2.62. The average molecular weight is 245 g/mol. The van der Waals surface area contributed by atoms with Gasteiger partial charge in [-0.15, -0.1) is 0 Å². The lowest BCUT2D eigenvalue weighted by Gasteiger charge is -2.45. The van der Waals surface area contributed by atoms with Gasteiger partial charge in [0.15, 0.2) is 0 Å². The second kappa shape index (κ2) is 4.71. The third-order valence-corrected chi connectivity index (χ3v) is 3.98. The molecule has 2 unspecified atom stereocenters. The molecule has 0 spiro atoms. The zero-order chi connectivity index (χ0) is 12.5. The van der Waals surface area contributed by atoms with Crippen molar-refractivity contribution >= 4 is 5.91 Å². The number of benzene rings is 1. The van der Waals surface area contributed by atoms with Crippen LogP contribution in [0.25, 0.3) is 0 Å². The Morgan fingerprint density at radius 1 is 1.22 bits per heavy atom. The second-order valence-corrected chi connectivity index (χ2v) is 5.23. The molecule has 1 aromatic rings. The first-order valence-corrected chi connectivity index (χ1v) is 6.50. The van der Waals surface area contributed by atoms with E-state index in [2.05, 4.69) is 34.5 Å². The zero-order valence-electron chi connectivity index (χ0n) is 10.7. The van der Waals surface area contributed by atoms with Crippen LogP contribution in [-0.2, 0) is 4.79 Å². The maximum atomic E-state index is 11.8. The molecule has 0 radical (unpaired) electrons. The second-order valence-electron chi connectivity index (χ2n) is 5.23. The first kappa shape index (κ1) is 11.7. The average Bonchev–Trinajstić information content (AvgIpc) is 2.41. The topological polar surface area (TPSA) is 35.6 Å². The summed E-state index contributed by atoms with van der Waals surface area (Å²) in [5.41, 5.74) is 1.31. The van der Waals surface area contributed by atoms with Gasteiger partial charge in [-0.05, 0) is 5.56 Å². The fourth-order valence-electron chi connectivity index (χ4n) is 2.85. The van der Waals surface area contributed by atoms with Crippen molar-refractivity contribution in [3.8, 4) is 0 Å². The molecule has 1 amide bonds. The van der Waals surface area contributed by atoms with Crippen molar-refractivity contribution in [3.63, 3.8) is 0 Å². The fraction of sp³-hybridized carbons (Fsp3) is 0.500. The SMILES string of the molecule is CN1CC2CNC(c3ccccc3)CN2CC1=O. The highest BCUT2D eigenvalue weighted by Crippen LogP contribution is 2.22. The van der Waals surface area contributed by atoms with Crippen LogP contribution < -0.4 is 5.32 Å². The molecule has 0 aromatic heterocycles. The molecule has 1 N–H and O–H groups in total. The van der Waals surface area contributed by atoms with Crippen LogP contribution in [0.3, 0.4) is 0 Å². The van der Waals surface area contributed by atoms with E-state index < -0.39 is 0 Å². The highest BCUT2D eigenvalue weighted by Gasteiger charge is 2.35. The van der Waals surface area contributed by atoms with Crippen LogP contribution in [0.15, 0.2) is 30.3 Å². The molecule has 0 saturated carbocycles. The van der Waals surface area contributed by atoms with Gasteiger partial charge in [-0.2, -0.15) is 0 Å². The first-order chi connectivity index (χ1) is 8.74. The zero-order valence-corrected chi connectivity index (χ0v) is 10.7. The molecule has 0 bridgehead atoms. The lowest BCUT2D eigenvalue weighted by molar-refractivity contribution is -0.137. The number of likely N-dealkylation sites (N-methyl/N-ethyl adjacent to an activating group) is 1. The number of hydrogen-bond acceptors (Lipinski definition) is 3. The molecule has 0 aliphatic carbocycles. The van der Waals surface area contributed by atoms with Gasteiger partial charge in [0.2, 0.25) is 5.91 Å². The minimum Gasteiger partial charge on any atom is -0.343 e. The van der Waals surface area contributed by atoms with Crippen molar-refractivity contribution in [3.05, 3.63) is 35.9 Å². The molecule has 4 heteroatoms. The lowest BCUT2D eigenvalue weighted by atomic mass is 10.0. The van der Waals surface area contributed by atoms with Gasteiger partial charge in [0.25, 0.3) is 0 Å². The van der Waals surface area contributed by atoms with Gasteiger partial charge in [0.1, 0.15) is 0 Å². The third kappa shape index (κ3) is 2.13. The smallest absolute Gasteiger partial charge is 0.236 e. The standard InChI is InChI=1S/C14H19N3O/c1-16-8-12-7-15-13(9-17(12)10-14(16)18)11-5-3-2-4-6-11/h2-6,12-13,15H,7-10H2,1H3. The van der Waals surface area contributed by atoms with Crippen LogP contribution in [0.4, 0.5) is 0 Å². The van der Waals surface area contributed by atoms with Gasteiger partial charge in [0.05, 0.1) is 6.54 Å². The number of amides is 1. The van der Waals surface area contributed by atoms with Crippen LogP contribution in [0.5, 0.6) is 0 Å². The molecule has 2 aliphatic heterocycles. The largest absolute Gasteiger partial charge is 0.343 e. The molecule has 2 aliphatic rings. The highest BCUT2D eigenvalue weighted by atomic mass is 16.2. The van der Waals surface area contributed by atoms with Gasteiger partial charge >= 0.3 is 0 Å². The van der Waals surface area contributed by atoms with E-state index >= 15 is 0 Å². The third-order valence-electron chi connectivity index (χ3n) is 3.98. The molecule has 2 fully saturated rings. The summed E-state index contributed by atoms with van der Waals surface area (Å²) >= 11 is 0. The molecule has 18 heavy (non-hydrogen) atoms. The number of hydrogen-bond donors (Lipinski definition) is 1. The van der Waals surface area contributed by atoms with Gasteiger partial charge in [-0.1, -0.05) is 30.3 Å². The summed E-state index contributed by atoms with van der Waals surface area (Å²) in [6.07, 6.45) is 0. The van der Waals surface area contributed by atoms with E-state index in [0.717, 1.165) is 19.6 Å². The predicted molar refractivity (Wildman–Crippen MR) is 70.2 cm³/mol. The summed E-state index contributed by atoms with van der Waals surface area (Å²) < 4.78 is 0. The quantitative estimate of drug-likeness (QED) is 0.781. The van der Waals surface area contributed by atoms with Crippen LogP contribution >= 0.6 is 0 Å².